The first-order valence-electron chi connectivity index (χ1n) is 6.37. The number of hydrogen-bond acceptors (Lipinski definition) is 2. The summed E-state index contributed by atoms with van der Waals surface area (Å²) in [5, 5.41) is 9.32. The van der Waals surface area contributed by atoms with E-state index in [-0.39, 0.29) is 17.7 Å². The molecular weight excluding hydrogens is 233 g/mol. The molecule has 1 aliphatic heterocycles. The molecule has 2 aliphatic rings. The smallest absolute Gasteiger partial charge is 0.308 e. The zero-order valence-corrected chi connectivity index (χ0v) is 10.1. The van der Waals surface area contributed by atoms with Crippen molar-refractivity contribution in [2.75, 3.05) is 13.1 Å². The fourth-order valence-electron chi connectivity index (χ4n) is 2.87. The SMILES string of the molecule is O=C(O)[C@@H]1CN(C2CC2)C[C@H]1c1ccc(F)cc1. The minimum Gasteiger partial charge on any atom is -0.481 e. The zero-order chi connectivity index (χ0) is 12.7. The highest BCUT2D eigenvalue weighted by molar-refractivity contribution is 5.72. The first-order chi connectivity index (χ1) is 8.65. The monoisotopic (exact) mass is 249 g/mol. The molecule has 1 aliphatic carbocycles. The lowest BCUT2D eigenvalue weighted by Gasteiger charge is -2.15. The van der Waals surface area contributed by atoms with Gasteiger partial charge in [-0.05, 0) is 30.5 Å². The molecule has 3 rings (SSSR count). The molecule has 18 heavy (non-hydrogen) atoms. The largest absolute Gasteiger partial charge is 0.481 e. The van der Waals surface area contributed by atoms with Crippen LogP contribution in [0.2, 0.25) is 0 Å². The molecule has 2 fully saturated rings. The van der Waals surface area contributed by atoms with Crippen LogP contribution >= 0.6 is 0 Å². The molecule has 1 saturated carbocycles. The molecule has 96 valence electrons. The highest BCUT2D eigenvalue weighted by atomic mass is 19.1. The predicted molar refractivity (Wildman–Crippen MR) is 64.9 cm³/mol. The van der Waals surface area contributed by atoms with E-state index in [1.807, 2.05) is 0 Å². The summed E-state index contributed by atoms with van der Waals surface area (Å²) < 4.78 is 12.9. The van der Waals surface area contributed by atoms with Crippen LogP contribution in [-0.2, 0) is 4.79 Å². The van der Waals surface area contributed by atoms with E-state index >= 15 is 0 Å². The topological polar surface area (TPSA) is 40.5 Å². The number of rotatable bonds is 3. The third kappa shape index (κ3) is 2.12. The quantitative estimate of drug-likeness (QED) is 0.891. The Labute approximate surface area is 105 Å². The van der Waals surface area contributed by atoms with E-state index in [2.05, 4.69) is 4.90 Å². The molecule has 1 N–H and O–H groups in total. The van der Waals surface area contributed by atoms with Crippen LogP contribution in [0.15, 0.2) is 24.3 Å². The summed E-state index contributed by atoms with van der Waals surface area (Å²) in [6.07, 6.45) is 2.37. The third-order valence-corrected chi connectivity index (χ3v) is 4.03. The summed E-state index contributed by atoms with van der Waals surface area (Å²) in [6.45, 7) is 1.41. The Morgan fingerprint density at radius 1 is 1.22 bits per heavy atom. The van der Waals surface area contributed by atoms with Crippen molar-refractivity contribution in [1.29, 1.82) is 0 Å². The van der Waals surface area contributed by atoms with Crippen molar-refractivity contribution in [3.05, 3.63) is 35.6 Å². The Kier molecular flexibility index (Phi) is 2.82. The first-order valence-corrected chi connectivity index (χ1v) is 6.37. The first kappa shape index (κ1) is 11.7. The number of nitrogens with zero attached hydrogens (tertiary/aromatic N) is 1. The van der Waals surface area contributed by atoms with E-state index < -0.39 is 5.97 Å². The van der Waals surface area contributed by atoms with E-state index in [0.29, 0.717) is 12.6 Å². The van der Waals surface area contributed by atoms with Gasteiger partial charge in [-0.3, -0.25) is 9.69 Å². The molecule has 1 aromatic rings. The fraction of sp³-hybridized carbons (Fsp3) is 0.500. The summed E-state index contributed by atoms with van der Waals surface area (Å²) in [5.41, 5.74) is 0.937. The molecule has 3 nitrogen and oxygen atoms in total. The molecule has 4 heteroatoms. The van der Waals surface area contributed by atoms with Crippen LogP contribution in [0, 0.1) is 11.7 Å². The molecular formula is C14H16FNO2. The molecule has 0 bridgehead atoms. The summed E-state index contributed by atoms with van der Waals surface area (Å²) >= 11 is 0. The van der Waals surface area contributed by atoms with Gasteiger partial charge in [0.05, 0.1) is 5.92 Å². The van der Waals surface area contributed by atoms with Crippen LogP contribution in [0.3, 0.4) is 0 Å². The van der Waals surface area contributed by atoms with Crippen LogP contribution < -0.4 is 0 Å². The number of halogens is 1. The van der Waals surface area contributed by atoms with Gasteiger partial charge in [-0.15, -0.1) is 0 Å². The normalized spacial score (nSPS) is 28.5. The molecule has 0 aromatic heterocycles. The molecule has 0 radical (unpaired) electrons. The zero-order valence-electron chi connectivity index (χ0n) is 10.1. The minimum absolute atomic E-state index is 0.0105. The highest BCUT2D eigenvalue weighted by Gasteiger charge is 2.43. The van der Waals surface area contributed by atoms with Crippen LogP contribution in [0.25, 0.3) is 0 Å². The van der Waals surface area contributed by atoms with Crippen LogP contribution in [0.5, 0.6) is 0 Å². The summed E-state index contributed by atoms with van der Waals surface area (Å²) in [4.78, 5) is 13.6. The van der Waals surface area contributed by atoms with Crippen LogP contribution in [0.4, 0.5) is 4.39 Å². The minimum atomic E-state index is -0.743. The Bertz CT molecular complexity index is 455. The van der Waals surface area contributed by atoms with Gasteiger partial charge in [0, 0.05) is 25.0 Å². The van der Waals surface area contributed by atoms with Gasteiger partial charge in [-0.25, -0.2) is 4.39 Å². The Balaban J connectivity index is 1.83. The van der Waals surface area contributed by atoms with Crippen molar-refractivity contribution in [2.24, 2.45) is 5.92 Å². The molecule has 0 spiro atoms. The second-order valence-corrected chi connectivity index (χ2v) is 5.29. The van der Waals surface area contributed by atoms with Crippen molar-refractivity contribution < 1.29 is 14.3 Å². The second kappa shape index (κ2) is 4.35. The number of hydrogen-bond donors (Lipinski definition) is 1. The summed E-state index contributed by atoms with van der Waals surface area (Å²) in [7, 11) is 0. The summed E-state index contributed by atoms with van der Waals surface area (Å²) in [6, 6.07) is 6.83. The van der Waals surface area contributed by atoms with Crippen LogP contribution in [-0.4, -0.2) is 35.1 Å². The predicted octanol–water partition coefficient (Wildman–Crippen LogP) is 2.09. The number of carbonyl (C=O) groups is 1. The van der Waals surface area contributed by atoms with Crippen molar-refractivity contribution in [3.8, 4) is 0 Å². The molecule has 0 amide bonds. The van der Waals surface area contributed by atoms with E-state index in [4.69, 9.17) is 0 Å². The third-order valence-electron chi connectivity index (χ3n) is 4.03. The van der Waals surface area contributed by atoms with Gasteiger partial charge in [-0.1, -0.05) is 12.1 Å². The van der Waals surface area contributed by atoms with Crippen LogP contribution in [0.1, 0.15) is 24.3 Å². The lowest BCUT2D eigenvalue weighted by Crippen LogP contribution is -2.25. The number of carboxylic acid groups (broad SMARTS) is 1. The van der Waals surface area contributed by atoms with Gasteiger partial charge in [0.15, 0.2) is 0 Å². The van der Waals surface area contributed by atoms with Crippen molar-refractivity contribution in [2.45, 2.75) is 24.8 Å². The lowest BCUT2D eigenvalue weighted by atomic mass is 9.89. The number of aliphatic carboxylic acids is 1. The van der Waals surface area contributed by atoms with Gasteiger partial charge < -0.3 is 5.11 Å². The highest BCUT2D eigenvalue weighted by Crippen LogP contribution is 2.39. The van der Waals surface area contributed by atoms with Gasteiger partial charge in [0.25, 0.3) is 0 Å². The van der Waals surface area contributed by atoms with Gasteiger partial charge in [0.2, 0.25) is 0 Å². The maximum Gasteiger partial charge on any atom is 0.308 e. The summed E-state index contributed by atoms with van der Waals surface area (Å²) in [5.74, 6) is -1.39. The van der Waals surface area contributed by atoms with Crippen molar-refractivity contribution >= 4 is 5.97 Å². The molecule has 1 aromatic carbocycles. The molecule has 1 heterocycles. The van der Waals surface area contributed by atoms with E-state index in [1.165, 1.54) is 25.0 Å². The van der Waals surface area contributed by atoms with Crippen molar-refractivity contribution in [1.82, 2.24) is 4.90 Å². The van der Waals surface area contributed by atoms with E-state index in [1.54, 1.807) is 12.1 Å². The Morgan fingerprint density at radius 3 is 2.44 bits per heavy atom. The van der Waals surface area contributed by atoms with Crippen molar-refractivity contribution in [3.63, 3.8) is 0 Å². The number of carboxylic acids is 1. The van der Waals surface area contributed by atoms with Gasteiger partial charge in [0.1, 0.15) is 5.82 Å². The lowest BCUT2D eigenvalue weighted by molar-refractivity contribution is -0.141. The average molecular weight is 249 g/mol. The Hall–Kier alpha value is -1.42. The van der Waals surface area contributed by atoms with Gasteiger partial charge in [-0.2, -0.15) is 0 Å². The number of likely N-dealkylation sites (tertiary alicyclic amines) is 1. The second-order valence-electron chi connectivity index (χ2n) is 5.29. The number of benzene rings is 1. The molecule has 1 saturated heterocycles. The van der Waals surface area contributed by atoms with E-state index in [0.717, 1.165) is 12.1 Å². The maximum absolute atomic E-state index is 12.9. The van der Waals surface area contributed by atoms with Gasteiger partial charge >= 0.3 is 5.97 Å². The van der Waals surface area contributed by atoms with E-state index in [9.17, 15) is 14.3 Å². The Morgan fingerprint density at radius 2 is 1.89 bits per heavy atom. The molecule has 0 unspecified atom stereocenters. The standard InChI is InChI=1S/C14H16FNO2/c15-10-3-1-9(2-4-10)12-7-16(11-5-6-11)8-13(12)14(17)18/h1-4,11-13H,5-8H2,(H,17,18)/t12-,13+/m0/s1. The fourth-order valence-corrected chi connectivity index (χ4v) is 2.87. The maximum atomic E-state index is 12.9. The molecule has 2 atom stereocenters. The average Bonchev–Trinajstić information content (AvgIpc) is 3.09.